The summed E-state index contributed by atoms with van der Waals surface area (Å²) in [4.78, 5) is 3.88. The molecule has 0 N–H and O–H groups in total. The minimum absolute atomic E-state index is 0.0456. The minimum atomic E-state index is 0.0456. The molecule has 0 aliphatic heterocycles. The van der Waals surface area contributed by atoms with Gasteiger partial charge in [-0.15, -0.1) is 6.58 Å². The number of nitrogens with zero attached hydrogens (tertiary/aromatic N) is 1. The molecule has 0 aromatic heterocycles. The smallest absolute Gasteiger partial charge is 0.0847 e. The van der Waals surface area contributed by atoms with Gasteiger partial charge in [0.05, 0.1) is 25.9 Å². The van der Waals surface area contributed by atoms with Crippen molar-refractivity contribution in [2.24, 2.45) is 4.99 Å². The third-order valence-corrected chi connectivity index (χ3v) is 2.43. The Morgan fingerprint density at radius 1 is 1.33 bits per heavy atom. The molecule has 0 fully saturated rings. The summed E-state index contributed by atoms with van der Waals surface area (Å²) >= 11 is 0. The summed E-state index contributed by atoms with van der Waals surface area (Å²) in [7, 11) is 1.73. The topological polar surface area (TPSA) is 30.8 Å². The Balaban J connectivity index is 2.26. The Kier molecular flexibility index (Phi) is 7.77. The minimum Gasteiger partial charge on any atom is -0.374 e. The van der Waals surface area contributed by atoms with Gasteiger partial charge in [-0.05, 0) is 12.0 Å². The lowest BCUT2D eigenvalue weighted by atomic mass is 10.2. The van der Waals surface area contributed by atoms with Crippen molar-refractivity contribution in [3.05, 3.63) is 48.6 Å². The highest BCUT2D eigenvalue weighted by Gasteiger charge is 2.06. The predicted molar refractivity (Wildman–Crippen MR) is 75.1 cm³/mol. The molecule has 0 heterocycles. The summed E-state index contributed by atoms with van der Waals surface area (Å²) in [5, 5.41) is 0. The van der Waals surface area contributed by atoms with Crippen molar-refractivity contribution in [1.29, 1.82) is 0 Å². The molecule has 0 spiro atoms. The van der Waals surface area contributed by atoms with E-state index < -0.39 is 0 Å². The molecule has 1 aromatic carbocycles. The average Bonchev–Trinajstić information content (AvgIpc) is 2.40. The third kappa shape index (κ3) is 6.33. The highest BCUT2D eigenvalue weighted by molar-refractivity contribution is 5.58. The Hall–Kier alpha value is -1.45. The summed E-state index contributed by atoms with van der Waals surface area (Å²) in [6, 6.07) is 10.1. The molecule has 0 saturated heterocycles. The highest BCUT2D eigenvalue weighted by Crippen LogP contribution is 2.04. The van der Waals surface area contributed by atoms with E-state index in [0.29, 0.717) is 19.8 Å². The lowest BCUT2D eigenvalue weighted by Crippen LogP contribution is -2.20. The Bertz CT molecular complexity index is 349. The Morgan fingerprint density at radius 3 is 2.78 bits per heavy atom. The van der Waals surface area contributed by atoms with Gasteiger partial charge in [0, 0.05) is 13.3 Å². The SMILES string of the molecule is C=CC[C@H](COCc1ccccc1)OCC=NC. The fraction of sp³-hybridized carbons (Fsp3) is 0.400. The van der Waals surface area contributed by atoms with Crippen LogP contribution in [0.4, 0.5) is 0 Å². The van der Waals surface area contributed by atoms with Crippen molar-refractivity contribution in [2.45, 2.75) is 19.1 Å². The van der Waals surface area contributed by atoms with Crippen LogP contribution in [0.1, 0.15) is 12.0 Å². The standard InChI is InChI=1S/C15H21NO2/c1-3-7-15(18-11-10-16-2)13-17-12-14-8-5-4-6-9-14/h3-6,8-10,15H,1,7,11-13H2,2H3/t15-/m1/s1. The van der Waals surface area contributed by atoms with Crippen LogP contribution in [0.5, 0.6) is 0 Å². The molecule has 0 radical (unpaired) electrons. The van der Waals surface area contributed by atoms with Crippen molar-refractivity contribution in [3.8, 4) is 0 Å². The Labute approximate surface area is 109 Å². The molecule has 1 rings (SSSR count). The highest BCUT2D eigenvalue weighted by atomic mass is 16.5. The van der Waals surface area contributed by atoms with Crippen LogP contribution >= 0.6 is 0 Å². The first-order valence-corrected chi connectivity index (χ1v) is 6.11. The molecular formula is C15H21NO2. The quantitative estimate of drug-likeness (QED) is 0.496. The van der Waals surface area contributed by atoms with Gasteiger partial charge in [0.25, 0.3) is 0 Å². The van der Waals surface area contributed by atoms with E-state index in [2.05, 4.69) is 11.6 Å². The molecule has 3 heteroatoms. The second-order valence-corrected chi connectivity index (χ2v) is 3.92. The normalized spacial score (nSPS) is 12.7. The van der Waals surface area contributed by atoms with E-state index in [1.807, 2.05) is 36.4 Å². The molecule has 0 bridgehead atoms. The van der Waals surface area contributed by atoms with Gasteiger partial charge in [-0.2, -0.15) is 0 Å². The van der Waals surface area contributed by atoms with Crippen LogP contribution in [0.25, 0.3) is 0 Å². The van der Waals surface area contributed by atoms with Gasteiger partial charge in [-0.3, -0.25) is 4.99 Å². The first-order valence-electron chi connectivity index (χ1n) is 6.11. The fourth-order valence-corrected chi connectivity index (χ4v) is 1.51. The van der Waals surface area contributed by atoms with E-state index in [1.165, 1.54) is 5.56 Å². The predicted octanol–water partition coefficient (Wildman–Crippen LogP) is 2.87. The zero-order chi connectivity index (χ0) is 13.1. The molecule has 0 aliphatic carbocycles. The molecule has 0 aliphatic rings. The van der Waals surface area contributed by atoms with Crippen molar-refractivity contribution in [2.75, 3.05) is 20.3 Å². The summed E-state index contributed by atoms with van der Waals surface area (Å²) < 4.78 is 11.3. The lowest BCUT2D eigenvalue weighted by Gasteiger charge is -2.15. The van der Waals surface area contributed by atoms with E-state index in [0.717, 1.165) is 6.42 Å². The van der Waals surface area contributed by atoms with Crippen LogP contribution in [-0.2, 0) is 16.1 Å². The molecule has 18 heavy (non-hydrogen) atoms. The molecular weight excluding hydrogens is 226 g/mol. The maximum absolute atomic E-state index is 5.65. The van der Waals surface area contributed by atoms with Crippen LogP contribution in [0.3, 0.4) is 0 Å². The van der Waals surface area contributed by atoms with Gasteiger partial charge in [0.15, 0.2) is 0 Å². The van der Waals surface area contributed by atoms with E-state index in [1.54, 1.807) is 13.3 Å². The number of hydrogen-bond acceptors (Lipinski definition) is 3. The van der Waals surface area contributed by atoms with E-state index >= 15 is 0 Å². The van der Waals surface area contributed by atoms with Crippen LogP contribution < -0.4 is 0 Å². The number of aliphatic imine (C=N–C) groups is 1. The van der Waals surface area contributed by atoms with Gasteiger partial charge in [0.2, 0.25) is 0 Å². The maximum Gasteiger partial charge on any atom is 0.0847 e. The van der Waals surface area contributed by atoms with Crippen LogP contribution in [0.15, 0.2) is 48.0 Å². The largest absolute Gasteiger partial charge is 0.374 e. The number of hydrogen-bond donors (Lipinski definition) is 0. The van der Waals surface area contributed by atoms with Crippen LogP contribution in [0, 0.1) is 0 Å². The van der Waals surface area contributed by atoms with Gasteiger partial charge in [-0.25, -0.2) is 0 Å². The number of rotatable bonds is 9. The summed E-state index contributed by atoms with van der Waals surface area (Å²) in [5.41, 5.74) is 1.17. The molecule has 98 valence electrons. The van der Waals surface area contributed by atoms with Crippen LogP contribution in [0.2, 0.25) is 0 Å². The Morgan fingerprint density at radius 2 is 2.11 bits per heavy atom. The van der Waals surface area contributed by atoms with Crippen molar-refractivity contribution in [1.82, 2.24) is 0 Å². The van der Waals surface area contributed by atoms with Crippen molar-refractivity contribution >= 4 is 6.21 Å². The van der Waals surface area contributed by atoms with E-state index in [-0.39, 0.29) is 6.10 Å². The monoisotopic (exact) mass is 247 g/mol. The summed E-state index contributed by atoms with van der Waals surface area (Å²) in [5.74, 6) is 0. The number of ether oxygens (including phenoxy) is 2. The third-order valence-electron chi connectivity index (χ3n) is 2.43. The lowest BCUT2D eigenvalue weighted by molar-refractivity contribution is -0.00508. The summed E-state index contributed by atoms with van der Waals surface area (Å²) in [6.07, 6.45) is 4.42. The van der Waals surface area contributed by atoms with Gasteiger partial charge in [-0.1, -0.05) is 36.4 Å². The molecule has 0 amide bonds. The molecule has 3 nitrogen and oxygen atoms in total. The zero-order valence-electron chi connectivity index (χ0n) is 10.9. The molecule has 1 aromatic rings. The number of benzene rings is 1. The fourth-order valence-electron chi connectivity index (χ4n) is 1.51. The van der Waals surface area contributed by atoms with E-state index in [9.17, 15) is 0 Å². The second kappa shape index (κ2) is 9.57. The first kappa shape index (κ1) is 14.6. The van der Waals surface area contributed by atoms with Gasteiger partial charge in [0.1, 0.15) is 0 Å². The zero-order valence-corrected chi connectivity index (χ0v) is 10.9. The van der Waals surface area contributed by atoms with Crippen molar-refractivity contribution in [3.63, 3.8) is 0 Å². The summed E-state index contributed by atoms with van der Waals surface area (Å²) in [6.45, 7) is 5.42. The van der Waals surface area contributed by atoms with Crippen molar-refractivity contribution < 1.29 is 9.47 Å². The van der Waals surface area contributed by atoms with Gasteiger partial charge < -0.3 is 9.47 Å². The average molecular weight is 247 g/mol. The molecule has 1 atom stereocenters. The van der Waals surface area contributed by atoms with Crippen LogP contribution in [-0.4, -0.2) is 32.6 Å². The second-order valence-electron chi connectivity index (χ2n) is 3.92. The van der Waals surface area contributed by atoms with E-state index in [4.69, 9.17) is 9.47 Å². The first-order chi connectivity index (χ1) is 8.86. The molecule has 0 saturated carbocycles. The van der Waals surface area contributed by atoms with Gasteiger partial charge >= 0.3 is 0 Å². The maximum atomic E-state index is 5.65. The molecule has 0 unspecified atom stereocenters.